The van der Waals surface area contributed by atoms with Crippen LogP contribution in [0.15, 0.2) is 41.3 Å². The van der Waals surface area contributed by atoms with Crippen molar-refractivity contribution < 1.29 is 9.21 Å². The lowest BCUT2D eigenvalue weighted by Gasteiger charge is -2.33. The van der Waals surface area contributed by atoms with Crippen LogP contribution in [0.2, 0.25) is 0 Å². The van der Waals surface area contributed by atoms with Crippen LogP contribution in [-0.2, 0) is 11.2 Å². The third-order valence-corrected chi connectivity index (χ3v) is 4.15. The molecule has 1 aliphatic heterocycles. The maximum absolute atomic E-state index is 12.4. The molecule has 1 aliphatic rings. The predicted molar refractivity (Wildman–Crippen MR) is 80.7 cm³/mol. The quantitative estimate of drug-likeness (QED) is 0.869. The molecule has 1 amide bonds. The van der Waals surface area contributed by atoms with E-state index in [-0.39, 0.29) is 5.91 Å². The van der Waals surface area contributed by atoms with Crippen LogP contribution >= 0.6 is 0 Å². The van der Waals surface area contributed by atoms with Crippen molar-refractivity contribution in [3.63, 3.8) is 0 Å². The van der Waals surface area contributed by atoms with Gasteiger partial charge in [-0.15, -0.1) is 0 Å². The molecule has 3 rings (SSSR count). The van der Waals surface area contributed by atoms with Gasteiger partial charge in [-0.25, -0.2) is 4.98 Å². The van der Waals surface area contributed by atoms with Crippen LogP contribution in [0.3, 0.4) is 0 Å². The minimum atomic E-state index is 0.231. The standard InChI is InChI=1S/C17H20N2O2/c1-13-4-2-3-9-19(13)17(20)10-14-5-7-15(8-6-14)16-11-18-12-21-16/h5-8,11-13H,2-4,9-10H2,1H3/t13-/m0/s1. The summed E-state index contributed by atoms with van der Waals surface area (Å²) in [7, 11) is 0. The summed E-state index contributed by atoms with van der Waals surface area (Å²) in [6.07, 6.45) is 7.06. The Morgan fingerprint density at radius 1 is 1.33 bits per heavy atom. The zero-order chi connectivity index (χ0) is 14.7. The lowest BCUT2D eigenvalue weighted by Crippen LogP contribution is -2.42. The maximum atomic E-state index is 12.4. The van der Waals surface area contributed by atoms with E-state index < -0.39 is 0 Å². The number of hydrogen-bond acceptors (Lipinski definition) is 3. The lowest BCUT2D eigenvalue weighted by atomic mass is 10.0. The third kappa shape index (κ3) is 3.15. The number of benzene rings is 1. The lowest BCUT2D eigenvalue weighted by molar-refractivity contribution is -0.133. The van der Waals surface area contributed by atoms with Gasteiger partial charge >= 0.3 is 0 Å². The van der Waals surface area contributed by atoms with Crippen molar-refractivity contribution in [1.29, 1.82) is 0 Å². The minimum Gasteiger partial charge on any atom is -0.444 e. The van der Waals surface area contributed by atoms with E-state index in [1.807, 2.05) is 29.2 Å². The Morgan fingerprint density at radius 2 is 2.14 bits per heavy atom. The summed E-state index contributed by atoms with van der Waals surface area (Å²) in [4.78, 5) is 18.3. The van der Waals surface area contributed by atoms with Gasteiger partial charge in [-0.1, -0.05) is 24.3 Å². The number of rotatable bonds is 3. The number of oxazole rings is 1. The number of amides is 1. The van der Waals surface area contributed by atoms with Crippen LogP contribution in [0, 0.1) is 0 Å². The first kappa shape index (κ1) is 13.9. The van der Waals surface area contributed by atoms with Crippen LogP contribution in [0.4, 0.5) is 0 Å². The summed E-state index contributed by atoms with van der Waals surface area (Å²) in [5.41, 5.74) is 2.02. The molecule has 4 heteroatoms. The van der Waals surface area contributed by atoms with Crippen molar-refractivity contribution in [3.8, 4) is 11.3 Å². The van der Waals surface area contributed by atoms with Gasteiger partial charge in [0.15, 0.2) is 12.2 Å². The zero-order valence-electron chi connectivity index (χ0n) is 12.3. The fraction of sp³-hybridized carbons (Fsp3) is 0.412. The molecular formula is C17H20N2O2. The molecule has 0 unspecified atom stereocenters. The SMILES string of the molecule is C[C@H]1CCCCN1C(=O)Cc1ccc(-c2cnco2)cc1. The molecule has 2 heterocycles. The van der Waals surface area contributed by atoms with Gasteiger partial charge in [-0.2, -0.15) is 0 Å². The second-order valence-electron chi connectivity index (χ2n) is 5.67. The predicted octanol–water partition coefficient (Wildman–Crippen LogP) is 3.29. The van der Waals surface area contributed by atoms with Crippen molar-refractivity contribution in [1.82, 2.24) is 9.88 Å². The molecule has 21 heavy (non-hydrogen) atoms. The third-order valence-electron chi connectivity index (χ3n) is 4.15. The number of aromatic nitrogens is 1. The Labute approximate surface area is 124 Å². The molecule has 0 N–H and O–H groups in total. The Morgan fingerprint density at radius 3 is 2.81 bits per heavy atom. The summed E-state index contributed by atoms with van der Waals surface area (Å²) in [6.45, 7) is 3.04. The Bertz CT molecular complexity index is 590. The van der Waals surface area contributed by atoms with Crippen LogP contribution in [0.25, 0.3) is 11.3 Å². The van der Waals surface area contributed by atoms with Gasteiger partial charge in [0.05, 0.1) is 12.6 Å². The molecule has 2 aromatic rings. The summed E-state index contributed by atoms with van der Waals surface area (Å²) in [5, 5.41) is 0. The van der Waals surface area contributed by atoms with Gasteiger partial charge in [0, 0.05) is 18.2 Å². The van der Waals surface area contributed by atoms with Crippen LogP contribution in [0.5, 0.6) is 0 Å². The van der Waals surface area contributed by atoms with Gasteiger partial charge < -0.3 is 9.32 Å². The molecule has 1 aromatic heterocycles. The van der Waals surface area contributed by atoms with Gasteiger partial charge in [0.25, 0.3) is 0 Å². The average molecular weight is 284 g/mol. The Balaban J connectivity index is 1.66. The molecular weight excluding hydrogens is 264 g/mol. The average Bonchev–Trinajstić information content (AvgIpc) is 3.02. The first-order valence-corrected chi connectivity index (χ1v) is 7.51. The van der Waals surface area contributed by atoms with E-state index in [2.05, 4.69) is 11.9 Å². The van der Waals surface area contributed by atoms with Crippen molar-refractivity contribution in [2.45, 2.75) is 38.6 Å². The van der Waals surface area contributed by atoms with E-state index >= 15 is 0 Å². The first-order valence-electron chi connectivity index (χ1n) is 7.51. The maximum Gasteiger partial charge on any atom is 0.227 e. The highest BCUT2D eigenvalue weighted by molar-refractivity contribution is 5.79. The molecule has 0 saturated carbocycles. The summed E-state index contributed by atoms with van der Waals surface area (Å²) in [5.74, 6) is 0.979. The smallest absolute Gasteiger partial charge is 0.227 e. The van der Waals surface area contributed by atoms with Crippen molar-refractivity contribution in [2.75, 3.05) is 6.54 Å². The fourth-order valence-electron chi connectivity index (χ4n) is 2.89. The molecule has 0 spiro atoms. The largest absolute Gasteiger partial charge is 0.444 e. The number of nitrogens with zero attached hydrogens (tertiary/aromatic N) is 2. The number of piperidine rings is 1. The fourth-order valence-corrected chi connectivity index (χ4v) is 2.89. The zero-order valence-corrected chi connectivity index (χ0v) is 12.3. The highest BCUT2D eigenvalue weighted by atomic mass is 16.3. The number of carbonyl (C=O) groups is 1. The van der Waals surface area contributed by atoms with E-state index in [4.69, 9.17) is 4.42 Å². The van der Waals surface area contributed by atoms with E-state index in [9.17, 15) is 4.79 Å². The van der Waals surface area contributed by atoms with E-state index in [1.165, 1.54) is 12.8 Å². The number of carbonyl (C=O) groups excluding carboxylic acids is 1. The summed E-state index contributed by atoms with van der Waals surface area (Å²) < 4.78 is 5.26. The molecule has 1 aromatic carbocycles. The molecule has 0 bridgehead atoms. The molecule has 1 saturated heterocycles. The van der Waals surface area contributed by atoms with Gasteiger partial charge in [-0.3, -0.25) is 4.79 Å². The monoisotopic (exact) mass is 284 g/mol. The van der Waals surface area contributed by atoms with Crippen molar-refractivity contribution in [3.05, 3.63) is 42.4 Å². The van der Waals surface area contributed by atoms with Crippen molar-refractivity contribution >= 4 is 5.91 Å². The molecule has 1 fully saturated rings. The van der Waals surface area contributed by atoms with Crippen molar-refractivity contribution in [2.24, 2.45) is 0 Å². The van der Waals surface area contributed by atoms with Gasteiger partial charge in [0.1, 0.15) is 0 Å². The van der Waals surface area contributed by atoms with Crippen LogP contribution in [-0.4, -0.2) is 28.4 Å². The Hall–Kier alpha value is -2.10. The van der Waals surface area contributed by atoms with E-state index in [0.29, 0.717) is 12.5 Å². The first-order chi connectivity index (χ1) is 10.2. The minimum absolute atomic E-state index is 0.231. The Kier molecular flexibility index (Phi) is 4.04. The highest BCUT2D eigenvalue weighted by Crippen LogP contribution is 2.21. The molecule has 0 radical (unpaired) electrons. The van der Waals surface area contributed by atoms with E-state index in [1.54, 1.807) is 6.20 Å². The highest BCUT2D eigenvalue weighted by Gasteiger charge is 2.22. The molecule has 0 aliphatic carbocycles. The number of likely N-dealkylation sites (tertiary alicyclic amines) is 1. The van der Waals surface area contributed by atoms with E-state index in [0.717, 1.165) is 36.3 Å². The summed E-state index contributed by atoms with van der Waals surface area (Å²) >= 11 is 0. The second kappa shape index (κ2) is 6.12. The topological polar surface area (TPSA) is 46.3 Å². The van der Waals surface area contributed by atoms with Crippen LogP contribution < -0.4 is 0 Å². The van der Waals surface area contributed by atoms with Crippen LogP contribution in [0.1, 0.15) is 31.7 Å². The number of hydrogen-bond donors (Lipinski definition) is 0. The summed E-state index contributed by atoms with van der Waals surface area (Å²) in [6, 6.07) is 8.31. The van der Waals surface area contributed by atoms with Gasteiger partial charge in [-0.05, 0) is 31.7 Å². The normalized spacial score (nSPS) is 18.7. The molecule has 110 valence electrons. The molecule has 1 atom stereocenters. The second-order valence-corrected chi connectivity index (χ2v) is 5.67. The molecule has 4 nitrogen and oxygen atoms in total. The van der Waals surface area contributed by atoms with Gasteiger partial charge in [0.2, 0.25) is 5.91 Å².